The van der Waals surface area contributed by atoms with Crippen LogP contribution in [0.1, 0.15) is 46.5 Å². The van der Waals surface area contributed by atoms with Crippen LogP contribution >= 0.6 is 23.1 Å². The van der Waals surface area contributed by atoms with Crippen molar-refractivity contribution in [2.24, 2.45) is 11.8 Å². The summed E-state index contributed by atoms with van der Waals surface area (Å²) in [7, 11) is 0. The van der Waals surface area contributed by atoms with E-state index >= 15 is 0 Å². The van der Waals surface area contributed by atoms with Crippen molar-refractivity contribution in [3.05, 3.63) is 17.5 Å². The van der Waals surface area contributed by atoms with Gasteiger partial charge in [0, 0.05) is 0 Å². The summed E-state index contributed by atoms with van der Waals surface area (Å²) in [4.78, 5) is 0. The van der Waals surface area contributed by atoms with Gasteiger partial charge in [-0.15, -0.1) is 23.1 Å². The molecule has 1 atom stereocenters. The lowest BCUT2D eigenvalue weighted by Gasteiger charge is -2.11. The standard InChI is InChI=1S/C14H24S2/c1-12(2)6-4-7-13(3)9-11-16-14-8-5-10-15-14/h5,8,10,12-13H,4,6-7,9,11H2,1-3H3. The zero-order valence-electron chi connectivity index (χ0n) is 10.7. The molecule has 2 heteroatoms. The van der Waals surface area contributed by atoms with Crippen LogP contribution in [-0.2, 0) is 0 Å². The van der Waals surface area contributed by atoms with Crippen molar-refractivity contribution in [2.45, 2.75) is 50.7 Å². The Labute approximate surface area is 109 Å². The van der Waals surface area contributed by atoms with Gasteiger partial charge in [-0.3, -0.25) is 0 Å². The molecule has 0 nitrogen and oxygen atoms in total. The number of thioether (sulfide) groups is 1. The summed E-state index contributed by atoms with van der Waals surface area (Å²) in [5.41, 5.74) is 0. The van der Waals surface area contributed by atoms with Gasteiger partial charge in [-0.1, -0.05) is 46.1 Å². The molecule has 0 aliphatic rings. The Morgan fingerprint density at radius 1 is 1.19 bits per heavy atom. The molecule has 0 saturated heterocycles. The van der Waals surface area contributed by atoms with E-state index in [1.807, 2.05) is 23.1 Å². The molecule has 0 fully saturated rings. The second kappa shape index (κ2) is 8.19. The minimum absolute atomic E-state index is 0.868. The Morgan fingerprint density at radius 3 is 2.62 bits per heavy atom. The molecule has 0 bridgehead atoms. The lowest BCUT2D eigenvalue weighted by Crippen LogP contribution is -1.98. The molecule has 16 heavy (non-hydrogen) atoms. The van der Waals surface area contributed by atoms with E-state index in [9.17, 15) is 0 Å². The molecule has 0 saturated carbocycles. The van der Waals surface area contributed by atoms with Crippen molar-refractivity contribution in [3.8, 4) is 0 Å². The first kappa shape index (κ1) is 14.1. The van der Waals surface area contributed by atoms with Crippen LogP contribution in [0.15, 0.2) is 21.7 Å². The van der Waals surface area contributed by atoms with E-state index in [-0.39, 0.29) is 0 Å². The number of hydrogen-bond donors (Lipinski definition) is 0. The Bertz CT molecular complexity index is 252. The van der Waals surface area contributed by atoms with Crippen LogP contribution in [0, 0.1) is 11.8 Å². The van der Waals surface area contributed by atoms with Gasteiger partial charge >= 0.3 is 0 Å². The molecular weight excluding hydrogens is 232 g/mol. The first-order valence-electron chi connectivity index (χ1n) is 6.34. The molecule has 0 amide bonds. The summed E-state index contributed by atoms with van der Waals surface area (Å²) in [5.74, 6) is 3.04. The minimum Gasteiger partial charge on any atom is -0.137 e. The highest BCUT2D eigenvalue weighted by molar-refractivity contribution is 8.01. The first-order chi connectivity index (χ1) is 7.68. The topological polar surface area (TPSA) is 0 Å². The largest absolute Gasteiger partial charge is 0.137 e. The van der Waals surface area contributed by atoms with Crippen molar-refractivity contribution in [1.29, 1.82) is 0 Å². The van der Waals surface area contributed by atoms with Crippen molar-refractivity contribution in [1.82, 2.24) is 0 Å². The van der Waals surface area contributed by atoms with E-state index in [1.54, 1.807) is 0 Å². The van der Waals surface area contributed by atoms with E-state index in [4.69, 9.17) is 0 Å². The average Bonchev–Trinajstić information content (AvgIpc) is 2.70. The smallest absolute Gasteiger partial charge is 0.0598 e. The maximum atomic E-state index is 2.40. The highest BCUT2D eigenvalue weighted by Gasteiger charge is 2.04. The summed E-state index contributed by atoms with van der Waals surface area (Å²) in [6.07, 6.45) is 5.56. The molecule has 1 unspecified atom stereocenters. The summed E-state index contributed by atoms with van der Waals surface area (Å²) < 4.78 is 1.47. The Kier molecular flexibility index (Phi) is 7.22. The van der Waals surface area contributed by atoms with Gasteiger partial charge < -0.3 is 0 Å². The number of thiophene rings is 1. The highest BCUT2D eigenvalue weighted by Crippen LogP contribution is 2.26. The van der Waals surface area contributed by atoms with Crippen LogP contribution in [-0.4, -0.2) is 5.75 Å². The zero-order chi connectivity index (χ0) is 11.8. The number of hydrogen-bond acceptors (Lipinski definition) is 2. The monoisotopic (exact) mass is 256 g/mol. The maximum Gasteiger partial charge on any atom is 0.0598 e. The quantitative estimate of drug-likeness (QED) is 0.538. The van der Waals surface area contributed by atoms with Crippen LogP contribution in [0.3, 0.4) is 0 Å². The highest BCUT2D eigenvalue weighted by atomic mass is 32.2. The fourth-order valence-electron chi connectivity index (χ4n) is 1.73. The molecule has 92 valence electrons. The van der Waals surface area contributed by atoms with Crippen LogP contribution in [0.2, 0.25) is 0 Å². The van der Waals surface area contributed by atoms with Crippen LogP contribution in [0.5, 0.6) is 0 Å². The predicted octanol–water partition coefficient (Wildman–Crippen LogP) is 5.69. The lowest BCUT2D eigenvalue weighted by molar-refractivity contribution is 0.451. The van der Waals surface area contributed by atoms with Gasteiger partial charge in [0.15, 0.2) is 0 Å². The second-order valence-corrected chi connectivity index (χ2v) is 7.34. The number of rotatable bonds is 8. The zero-order valence-corrected chi connectivity index (χ0v) is 12.4. The molecule has 0 radical (unpaired) electrons. The van der Waals surface area contributed by atoms with E-state index in [0.717, 1.165) is 11.8 Å². The molecule has 0 aliphatic carbocycles. The third-order valence-corrected chi connectivity index (χ3v) is 4.99. The third kappa shape index (κ3) is 6.59. The van der Waals surface area contributed by atoms with E-state index in [0.29, 0.717) is 0 Å². The van der Waals surface area contributed by atoms with Gasteiger partial charge in [0.05, 0.1) is 4.21 Å². The maximum absolute atomic E-state index is 2.40. The van der Waals surface area contributed by atoms with Crippen molar-refractivity contribution in [3.63, 3.8) is 0 Å². The van der Waals surface area contributed by atoms with Gasteiger partial charge in [-0.05, 0) is 35.5 Å². The lowest BCUT2D eigenvalue weighted by atomic mass is 9.98. The average molecular weight is 256 g/mol. The van der Waals surface area contributed by atoms with Gasteiger partial charge in [0.1, 0.15) is 0 Å². The van der Waals surface area contributed by atoms with Gasteiger partial charge in [-0.2, -0.15) is 0 Å². The Morgan fingerprint density at radius 2 is 2.00 bits per heavy atom. The molecule has 0 aromatic carbocycles. The van der Waals surface area contributed by atoms with E-state index in [2.05, 4.69) is 38.3 Å². The van der Waals surface area contributed by atoms with Crippen molar-refractivity contribution in [2.75, 3.05) is 5.75 Å². The van der Waals surface area contributed by atoms with Crippen molar-refractivity contribution >= 4 is 23.1 Å². The molecule has 1 aromatic heterocycles. The Hall–Kier alpha value is 0.0500. The first-order valence-corrected chi connectivity index (χ1v) is 8.21. The van der Waals surface area contributed by atoms with E-state index in [1.165, 1.54) is 35.6 Å². The molecule has 1 rings (SSSR count). The summed E-state index contributed by atoms with van der Waals surface area (Å²) >= 11 is 3.87. The predicted molar refractivity (Wildman–Crippen MR) is 77.5 cm³/mol. The fourth-order valence-corrected chi connectivity index (χ4v) is 3.76. The molecule has 0 N–H and O–H groups in total. The Balaban J connectivity index is 2.00. The second-order valence-electron chi connectivity index (χ2n) is 5.00. The summed E-state index contributed by atoms with van der Waals surface area (Å²) in [5, 5.41) is 2.16. The normalized spacial score (nSPS) is 13.2. The van der Waals surface area contributed by atoms with Gasteiger partial charge in [-0.25, -0.2) is 0 Å². The van der Waals surface area contributed by atoms with Crippen LogP contribution in [0.25, 0.3) is 0 Å². The van der Waals surface area contributed by atoms with E-state index < -0.39 is 0 Å². The van der Waals surface area contributed by atoms with Gasteiger partial charge in [0.2, 0.25) is 0 Å². The minimum atomic E-state index is 0.868. The molecule has 0 spiro atoms. The molecule has 1 heterocycles. The van der Waals surface area contributed by atoms with Crippen molar-refractivity contribution < 1.29 is 0 Å². The van der Waals surface area contributed by atoms with Crippen LogP contribution < -0.4 is 0 Å². The molecular formula is C14H24S2. The van der Waals surface area contributed by atoms with Crippen LogP contribution in [0.4, 0.5) is 0 Å². The SMILES string of the molecule is CC(C)CCCC(C)CCSc1cccs1. The molecule has 1 aromatic rings. The summed E-state index contributed by atoms with van der Waals surface area (Å²) in [6.45, 7) is 7.03. The molecule has 0 aliphatic heterocycles. The summed E-state index contributed by atoms with van der Waals surface area (Å²) in [6, 6.07) is 4.36. The third-order valence-electron chi connectivity index (χ3n) is 2.83. The fraction of sp³-hybridized carbons (Fsp3) is 0.714. The van der Waals surface area contributed by atoms with Gasteiger partial charge in [0.25, 0.3) is 0 Å².